The van der Waals surface area contributed by atoms with Crippen molar-refractivity contribution in [3.8, 4) is 0 Å². The minimum atomic E-state index is -0.0413. The monoisotopic (exact) mass is 264 g/mol. The lowest BCUT2D eigenvalue weighted by atomic mass is 10.3. The van der Waals surface area contributed by atoms with Gasteiger partial charge in [0.15, 0.2) is 0 Å². The molecule has 0 aromatic carbocycles. The van der Waals surface area contributed by atoms with Crippen molar-refractivity contribution < 1.29 is 5.11 Å². The molecule has 1 aliphatic rings. The molecule has 19 heavy (non-hydrogen) atoms. The Bertz CT molecular complexity index is 438. The number of hydrogen-bond acceptors (Lipinski definition) is 6. The minimum Gasteiger partial charge on any atom is -0.395 e. The zero-order valence-corrected chi connectivity index (χ0v) is 10.9. The third-order valence-corrected chi connectivity index (χ3v) is 3.21. The van der Waals surface area contributed by atoms with E-state index in [1.165, 1.54) is 0 Å². The summed E-state index contributed by atoms with van der Waals surface area (Å²) in [5.41, 5.74) is 5.90. The number of aliphatic hydroxyl groups excluding tert-OH is 1. The van der Waals surface area contributed by atoms with Gasteiger partial charge in [0.25, 0.3) is 0 Å². The van der Waals surface area contributed by atoms with Crippen LogP contribution in [0.15, 0.2) is 12.3 Å². The van der Waals surface area contributed by atoms with Gasteiger partial charge >= 0.3 is 0 Å². The third-order valence-electron chi connectivity index (χ3n) is 3.21. The van der Waals surface area contributed by atoms with Crippen molar-refractivity contribution in [1.29, 1.82) is 5.41 Å². The van der Waals surface area contributed by atoms with E-state index in [1.807, 2.05) is 0 Å². The van der Waals surface area contributed by atoms with Crippen LogP contribution in [-0.2, 0) is 0 Å². The molecule has 1 fully saturated rings. The summed E-state index contributed by atoms with van der Waals surface area (Å²) in [4.78, 5) is 12.9. The lowest BCUT2D eigenvalue weighted by Gasteiger charge is -2.21. The van der Waals surface area contributed by atoms with Gasteiger partial charge in [-0.3, -0.25) is 10.3 Å². The van der Waals surface area contributed by atoms with Crippen LogP contribution in [0.3, 0.4) is 0 Å². The quantitative estimate of drug-likeness (QED) is 0.489. The number of aromatic nitrogens is 2. The molecule has 0 radical (unpaired) electrons. The fraction of sp³-hybridized carbons (Fsp3) is 0.583. The Hall–Kier alpha value is -1.73. The highest BCUT2D eigenvalue weighted by Crippen LogP contribution is 2.11. The Labute approximate surface area is 112 Å². The van der Waals surface area contributed by atoms with E-state index in [0.717, 1.165) is 32.6 Å². The molecular weight excluding hydrogens is 244 g/mol. The van der Waals surface area contributed by atoms with E-state index >= 15 is 0 Å². The first-order chi connectivity index (χ1) is 9.20. The Balaban J connectivity index is 2.05. The van der Waals surface area contributed by atoms with Crippen LogP contribution >= 0.6 is 0 Å². The standard InChI is InChI=1S/C12H20N6O/c13-11(14)10-2-3-15-12(16-10)18-5-1-4-17(6-7-18)8-9-19/h2-3,19H,1,4-9H2,(H3,13,14). The molecule has 0 amide bonds. The third kappa shape index (κ3) is 3.62. The van der Waals surface area contributed by atoms with Crippen molar-refractivity contribution in [2.75, 3.05) is 44.2 Å². The van der Waals surface area contributed by atoms with Crippen LogP contribution in [0.2, 0.25) is 0 Å². The summed E-state index contributed by atoms with van der Waals surface area (Å²) in [5, 5.41) is 16.4. The molecule has 7 nitrogen and oxygen atoms in total. The Morgan fingerprint density at radius 1 is 1.37 bits per heavy atom. The first-order valence-corrected chi connectivity index (χ1v) is 6.46. The van der Waals surface area contributed by atoms with E-state index in [0.29, 0.717) is 18.2 Å². The van der Waals surface area contributed by atoms with Gasteiger partial charge in [0.2, 0.25) is 5.95 Å². The van der Waals surface area contributed by atoms with Gasteiger partial charge in [0.1, 0.15) is 11.5 Å². The Morgan fingerprint density at radius 3 is 2.95 bits per heavy atom. The van der Waals surface area contributed by atoms with E-state index in [9.17, 15) is 0 Å². The van der Waals surface area contributed by atoms with Crippen molar-refractivity contribution in [3.63, 3.8) is 0 Å². The van der Waals surface area contributed by atoms with Gasteiger partial charge in [-0.25, -0.2) is 9.97 Å². The average molecular weight is 264 g/mol. The number of anilines is 1. The van der Waals surface area contributed by atoms with Crippen LogP contribution in [-0.4, -0.2) is 65.1 Å². The number of nitrogen functional groups attached to an aromatic ring is 1. The first kappa shape index (κ1) is 13.7. The SMILES string of the molecule is N=C(N)c1ccnc(N2CCCN(CCO)CC2)n1. The molecule has 7 heteroatoms. The minimum absolute atomic E-state index is 0.0413. The zero-order chi connectivity index (χ0) is 13.7. The van der Waals surface area contributed by atoms with Crippen LogP contribution in [0.25, 0.3) is 0 Å². The fourth-order valence-corrected chi connectivity index (χ4v) is 2.19. The molecule has 0 spiro atoms. The predicted molar refractivity (Wildman–Crippen MR) is 73.4 cm³/mol. The second-order valence-electron chi connectivity index (χ2n) is 4.56. The van der Waals surface area contributed by atoms with Gasteiger partial charge in [-0.2, -0.15) is 0 Å². The van der Waals surface area contributed by atoms with Crippen molar-refractivity contribution in [1.82, 2.24) is 14.9 Å². The summed E-state index contributed by atoms with van der Waals surface area (Å²) in [6.45, 7) is 4.46. The van der Waals surface area contributed by atoms with Gasteiger partial charge in [0.05, 0.1) is 6.61 Å². The molecular formula is C12H20N6O. The molecule has 0 bridgehead atoms. The van der Waals surface area contributed by atoms with Gasteiger partial charge < -0.3 is 15.7 Å². The van der Waals surface area contributed by atoms with Gasteiger partial charge in [-0.05, 0) is 19.0 Å². The topological polar surface area (TPSA) is 102 Å². The number of nitrogens with one attached hydrogen (secondary N) is 1. The predicted octanol–water partition coefficient (Wildman–Crippen LogP) is -0.735. The van der Waals surface area contributed by atoms with Crippen molar-refractivity contribution in [3.05, 3.63) is 18.0 Å². The summed E-state index contributed by atoms with van der Waals surface area (Å²) in [5.74, 6) is 0.582. The van der Waals surface area contributed by atoms with E-state index in [-0.39, 0.29) is 12.4 Å². The zero-order valence-electron chi connectivity index (χ0n) is 10.9. The van der Waals surface area contributed by atoms with Crippen molar-refractivity contribution >= 4 is 11.8 Å². The van der Waals surface area contributed by atoms with Crippen LogP contribution < -0.4 is 10.6 Å². The molecule has 1 aliphatic heterocycles. The maximum Gasteiger partial charge on any atom is 0.226 e. The molecule has 0 atom stereocenters. The fourth-order valence-electron chi connectivity index (χ4n) is 2.19. The number of hydrogen-bond donors (Lipinski definition) is 3. The summed E-state index contributed by atoms with van der Waals surface area (Å²) in [7, 11) is 0. The maximum absolute atomic E-state index is 8.97. The number of rotatable bonds is 4. The summed E-state index contributed by atoms with van der Waals surface area (Å²) >= 11 is 0. The van der Waals surface area contributed by atoms with Gasteiger partial charge in [0, 0.05) is 32.4 Å². The molecule has 1 aromatic heterocycles. The normalized spacial score (nSPS) is 17.2. The second-order valence-corrected chi connectivity index (χ2v) is 4.56. The highest BCUT2D eigenvalue weighted by Gasteiger charge is 2.17. The van der Waals surface area contributed by atoms with E-state index in [2.05, 4.69) is 19.8 Å². The molecule has 0 aliphatic carbocycles. The highest BCUT2D eigenvalue weighted by molar-refractivity contribution is 5.93. The lowest BCUT2D eigenvalue weighted by molar-refractivity contribution is 0.204. The number of nitrogens with two attached hydrogens (primary N) is 1. The van der Waals surface area contributed by atoms with Crippen LogP contribution in [0.4, 0.5) is 5.95 Å². The Morgan fingerprint density at radius 2 is 2.21 bits per heavy atom. The van der Waals surface area contributed by atoms with Crippen molar-refractivity contribution in [2.24, 2.45) is 5.73 Å². The Kier molecular flexibility index (Phi) is 4.64. The number of amidine groups is 1. The van der Waals surface area contributed by atoms with Gasteiger partial charge in [-0.1, -0.05) is 0 Å². The smallest absolute Gasteiger partial charge is 0.226 e. The average Bonchev–Trinajstić information content (AvgIpc) is 2.65. The number of β-amino-alcohol motifs (C(OH)–C–C–N with tert-alkyl or cyclic N) is 1. The van der Waals surface area contributed by atoms with E-state index in [1.54, 1.807) is 12.3 Å². The molecule has 104 valence electrons. The molecule has 0 unspecified atom stereocenters. The van der Waals surface area contributed by atoms with Crippen LogP contribution in [0, 0.1) is 5.41 Å². The number of aliphatic hydroxyl groups is 1. The maximum atomic E-state index is 8.97. The summed E-state index contributed by atoms with van der Waals surface area (Å²) in [6, 6.07) is 1.64. The van der Waals surface area contributed by atoms with Crippen LogP contribution in [0.1, 0.15) is 12.1 Å². The molecule has 2 heterocycles. The van der Waals surface area contributed by atoms with Crippen LogP contribution in [0.5, 0.6) is 0 Å². The second kappa shape index (κ2) is 6.44. The molecule has 2 rings (SSSR count). The molecule has 1 aromatic rings. The molecule has 4 N–H and O–H groups in total. The van der Waals surface area contributed by atoms with Crippen molar-refractivity contribution in [2.45, 2.75) is 6.42 Å². The van der Waals surface area contributed by atoms with E-state index in [4.69, 9.17) is 16.2 Å². The lowest BCUT2D eigenvalue weighted by Crippen LogP contribution is -2.33. The largest absolute Gasteiger partial charge is 0.395 e. The first-order valence-electron chi connectivity index (χ1n) is 6.46. The molecule has 1 saturated heterocycles. The highest BCUT2D eigenvalue weighted by atomic mass is 16.3. The van der Waals surface area contributed by atoms with Gasteiger partial charge in [-0.15, -0.1) is 0 Å². The van der Waals surface area contributed by atoms with E-state index < -0.39 is 0 Å². The summed E-state index contributed by atoms with van der Waals surface area (Å²) in [6.07, 6.45) is 2.64. The summed E-state index contributed by atoms with van der Waals surface area (Å²) < 4.78 is 0. The number of nitrogens with zero attached hydrogens (tertiary/aromatic N) is 4. The molecule has 0 saturated carbocycles.